The number of aromatic amines is 2. The Morgan fingerprint density at radius 3 is 2.80 bits per heavy atom. The lowest BCUT2D eigenvalue weighted by atomic mass is 10.1. The maximum atomic E-state index is 12.1. The summed E-state index contributed by atoms with van der Waals surface area (Å²) in [5.41, 5.74) is 6.37. The van der Waals surface area contributed by atoms with Gasteiger partial charge < -0.3 is 9.97 Å². The van der Waals surface area contributed by atoms with Gasteiger partial charge in [-0.1, -0.05) is 29.8 Å². The van der Waals surface area contributed by atoms with Crippen molar-refractivity contribution in [3.05, 3.63) is 71.0 Å². The molecule has 0 aliphatic rings. The molecular weight excluding hydrogens is 336 g/mol. The van der Waals surface area contributed by atoms with E-state index in [4.69, 9.17) is 11.6 Å². The zero-order valence-electron chi connectivity index (χ0n) is 13.2. The number of carbonyl (C=O) groups is 1. The van der Waals surface area contributed by atoms with Crippen molar-refractivity contribution < 1.29 is 4.79 Å². The van der Waals surface area contributed by atoms with Gasteiger partial charge in [0.2, 0.25) is 5.91 Å². The lowest BCUT2D eigenvalue weighted by Crippen LogP contribution is -2.19. The number of hydrogen-bond acceptors (Lipinski definition) is 2. The second kappa shape index (κ2) is 6.45. The summed E-state index contributed by atoms with van der Waals surface area (Å²) in [6, 6.07) is 13.5. The zero-order valence-corrected chi connectivity index (χ0v) is 14.0. The minimum absolute atomic E-state index is 0.168. The van der Waals surface area contributed by atoms with Gasteiger partial charge in [0.05, 0.1) is 12.6 Å². The molecule has 0 saturated heterocycles. The van der Waals surface area contributed by atoms with Crippen molar-refractivity contribution in [1.82, 2.24) is 15.4 Å². The average Bonchev–Trinajstić information content (AvgIpc) is 3.20. The van der Waals surface area contributed by atoms with Crippen molar-refractivity contribution in [3.8, 4) is 0 Å². The summed E-state index contributed by atoms with van der Waals surface area (Å²) in [5.74, 6) is -0.168. The largest absolute Gasteiger partial charge is 0.361 e. The van der Waals surface area contributed by atoms with E-state index in [2.05, 4.69) is 20.5 Å². The minimum atomic E-state index is -0.168. The number of halogens is 1. The fraction of sp³-hybridized carbons (Fsp3) is 0.0526. The molecular formula is C19H15ClN4O. The van der Waals surface area contributed by atoms with Crippen LogP contribution < -0.4 is 5.43 Å². The molecule has 6 heteroatoms. The molecule has 0 saturated carbocycles. The Balaban J connectivity index is 1.46. The van der Waals surface area contributed by atoms with Crippen molar-refractivity contribution in [2.75, 3.05) is 0 Å². The molecule has 0 bridgehead atoms. The van der Waals surface area contributed by atoms with Gasteiger partial charge in [-0.3, -0.25) is 4.79 Å². The number of rotatable bonds is 4. The summed E-state index contributed by atoms with van der Waals surface area (Å²) >= 11 is 6.03. The molecule has 25 heavy (non-hydrogen) atoms. The average molecular weight is 351 g/mol. The molecule has 4 rings (SSSR count). The van der Waals surface area contributed by atoms with Crippen LogP contribution in [0.4, 0.5) is 0 Å². The third-order valence-electron chi connectivity index (χ3n) is 4.09. The highest BCUT2D eigenvalue weighted by molar-refractivity contribution is 6.31. The van der Waals surface area contributed by atoms with Crippen molar-refractivity contribution in [1.29, 1.82) is 0 Å². The molecule has 0 radical (unpaired) electrons. The molecule has 2 aromatic carbocycles. The summed E-state index contributed by atoms with van der Waals surface area (Å²) in [4.78, 5) is 18.4. The lowest BCUT2D eigenvalue weighted by Gasteiger charge is -1.99. The van der Waals surface area contributed by atoms with Crippen LogP contribution in [-0.2, 0) is 11.2 Å². The normalized spacial score (nSPS) is 11.6. The Morgan fingerprint density at radius 2 is 1.88 bits per heavy atom. The number of H-pyrrole nitrogens is 2. The summed E-state index contributed by atoms with van der Waals surface area (Å²) in [5, 5.41) is 6.72. The van der Waals surface area contributed by atoms with Crippen LogP contribution in [0.25, 0.3) is 21.8 Å². The highest BCUT2D eigenvalue weighted by atomic mass is 35.5. The number of nitrogens with one attached hydrogen (secondary N) is 3. The number of nitrogens with zero attached hydrogens (tertiary/aromatic N) is 1. The molecule has 0 atom stereocenters. The van der Waals surface area contributed by atoms with E-state index in [-0.39, 0.29) is 12.3 Å². The number of carbonyl (C=O) groups excluding carboxylic acids is 1. The van der Waals surface area contributed by atoms with Crippen LogP contribution in [-0.4, -0.2) is 22.1 Å². The van der Waals surface area contributed by atoms with Crippen molar-refractivity contribution >= 4 is 45.5 Å². The Kier molecular flexibility index (Phi) is 3.99. The molecule has 2 heterocycles. The first kappa shape index (κ1) is 15.5. The number of amides is 1. The van der Waals surface area contributed by atoms with E-state index in [0.29, 0.717) is 5.02 Å². The van der Waals surface area contributed by atoms with Crippen molar-refractivity contribution in [2.24, 2.45) is 5.10 Å². The Hall–Kier alpha value is -3.05. The highest BCUT2D eigenvalue weighted by Gasteiger charge is 2.08. The van der Waals surface area contributed by atoms with Gasteiger partial charge in [-0.05, 0) is 29.8 Å². The van der Waals surface area contributed by atoms with E-state index in [1.165, 1.54) is 0 Å². The minimum Gasteiger partial charge on any atom is -0.361 e. The number of hydrogen-bond donors (Lipinski definition) is 3. The Bertz CT molecular complexity index is 1090. The van der Waals surface area contributed by atoms with E-state index in [9.17, 15) is 4.79 Å². The third-order valence-corrected chi connectivity index (χ3v) is 4.33. The number of fused-ring (bicyclic) bond motifs is 2. The molecule has 4 aromatic rings. The van der Waals surface area contributed by atoms with E-state index in [0.717, 1.165) is 32.9 Å². The molecule has 0 unspecified atom stereocenters. The van der Waals surface area contributed by atoms with Crippen LogP contribution in [0.15, 0.2) is 60.0 Å². The Labute approximate surface area is 148 Å². The van der Waals surface area contributed by atoms with Gasteiger partial charge in [0.1, 0.15) is 0 Å². The number of para-hydroxylation sites is 1. The van der Waals surface area contributed by atoms with Gasteiger partial charge in [-0.25, -0.2) is 5.43 Å². The number of benzene rings is 2. The summed E-state index contributed by atoms with van der Waals surface area (Å²) in [7, 11) is 0. The topological polar surface area (TPSA) is 73.0 Å². The molecule has 0 fully saturated rings. The van der Waals surface area contributed by atoms with Gasteiger partial charge in [0.25, 0.3) is 0 Å². The van der Waals surface area contributed by atoms with Gasteiger partial charge in [-0.2, -0.15) is 5.10 Å². The fourth-order valence-electron chi connectivity index (χ4n) is 2.89. The smallest absolute Gasteiger partial charge is 0.244 e. The monoisotopic (exact) mass is 350 g/mol. The predicted molar refractivity (Wildman–Crippen MR) is 101 cm³/mol. The van der Waals surface area contributed by atoms with Crippen molar-refractivity contribution in [2.45, 2.75) is 6.42 Å². The fourth-order valence-corrected chi connectivity index (χ4v) is 3.06. The summed E-state index contributed by atoms with van der Waals surface area (Å²) < 4.78 is 0. The van der Waals surface area contributed by atoms with E-state index in [1.807, 2.05) is 54.9 Å². The quantitative estimate of drug-likeness (QED) is 0.378. The molecule has 3 N–H and O–H groups in total. The first-order valence-corrected chi connectivity index (χ1v) is 8.22. The highest BCUT2D eigenvalue weighted by Crippen LogP contribution is 2.21. The van der Waals surface area contributed by atoms with E-state index >= 15 is 0 Å². The first-order chi connectivity index (χ1) is 12.2. The number of aromatic nitrogens is 2. The van der Waals surface area contributed by atoms with Gasteiger partial charge in [-0.15, -0.1) is 0 Å². The lowest BCUT2D eigenvalue weighted by molar-refractivity contribution is -0.120. The molecule has 0 aliphatic heterocycles. The van der Waals surface area contributed by atoms with Crippen LogP contribution in [0.5, 0.6) is 0 Å². The summed E-state index contributed by atoms with van der Waals surface area (Å²) in [6.45, 7) is 0. The second-order valence-corrected chi connectivity index (χ2v) is 6.20. The molecule has 124 valence electrons. The van der Waals surface area contributed by atoms with Crippen LogP contribution in [0.1, 0.15) is 11.1 Å². The molecule has 2 aromatic heterocycles. The molecule has 0 spiro atoms. The van der Waals surface area contributed by atoms with Crippen LogP contribution >= 0.6 is 11.6 Å². The second-order valence-electron chi connectivity index (χ2n) is 5.76. The molecule has 0 aliphatic carbocycles. The van der Waals surface area contributed by atoms with Gasteiger partial charge in [0.15, 0.2) is 0 Å². The maximum Gasteiger partial charge on any atom is 0.244 e. The standard InChI is InChI=1S/C19H15ClN4O/c20-14-5-6-18-16(8-14)13(10-22-18)11-23-24-19(25)7-12-9-21-17-4-2-1-3-15(12)17/h1-6,8-11,21-22H,7H2,(H,24,25)/b23-11-. The predicted octanol–water partition coefficient (Wildman–Crippen LogP) is 4.00. The van der Waals surface area contributed by atoms with Crippen LogP contribution in [0, 0.1) is 0 Å². The SMILES string of the molecule is O=C(Cc1c[nH]c2ccccc12)N/N=C\c1c[nH]c2ccc(Cl)cc12. The van der Waals surface area contributed by atoms with Gasteiger partial charge in [0, 0.05) is 44.8 Å². The molecule has 1 amide bonds. The maximum absolute atomic E-state index is 12.1. The van der Waals surface area contributed by atoms with Crippen LogP contribution in [0.2, 0.25) is 5.02 Å². The van der Waals surface area contributed by atoms with E-state index < -0.39 is 0 Å². The zero-order chi connectivity index (χ0) is 17.2. The first-order valence-electron chi connectivity index (χ1n) is 7.84. The van der Waals surface area contributed by atoms with Crippen LogP contribution in [0.3, 0.4) is 0 Å². The van der Waals surface area contributed by atoms with E-state index in [1.54, 1.807) is 6.21 Å². The van der Waals surface area contributed by atoms with Gasteiger partial charge >= 0.3 is 0 Å². The molecule has 5 nitrogen and oxygen atoms in total. The van der Waals surface area contributed by atoms with Crippen molar-refractivity contribution in [3.63, 3.8) is 0 Å². The summed E-state index contributed by atoms with van der Waals surface area (Å²) in [6.07, 6.45) is 5.56. The Morgan fingerprint density at radius 1 is 1.08 bits per heavy atom. The third kappa shape index (κ3) is 3.14. The number of hydrazone groups is 1.